The second-order valence-corrected chi connectivity index (χ2v) is 5.36. The molecule has 0 saturated heterocycles. The van der Waals surface area contributed by atoms with Gasteiger partial charge in [0, 0.05) is 6.42 Å². The molecule has 0 fully saturated rings. The topological polar surface area (TPSA) is 95.9 Å². The summed E-state index contributed by atoms with van der Waals surface area (Å²) in [6, 6.07) is 11.8. The van der Waals surface area contributed by atoms with Gasteiger partial charge in [0.1, 0.15) is 17.5 Å². The van der Waals surface area contributed by atoms with E-state index in [9.17, 15) is 19.8 Å². The van der Waals surface area contributed by atoms with E-state index in [2.05, 4.69) is 5.32 Å². The van der Waals surface area contributed by atoms with Gasteiger partial charge >= 0.3 is 5.97 Å². The summed E-state index contributed by atoms with van der Waals surface area (Å²) in [7, 11) is 1.26. The quantitative estimate of drug-likeness (QED) is 0.699. The van der Waals surface area contributed by atoms with Gasteiger partial charge < -0.3 is 20.3 Å². The van der Waals surface area contributed by atoms with Crippen molar-refractivity contribution in [2.24, 2.45) is 0 Å². The molecule has 0 aliphatic heterocycles. The molecular weight excluding hydrogens is 310 g/mol. The molecule has 0 spiro atoms. The van der Waals surface area contributed by atoms with E-state index in [1.54, 1.807) is 24.3 Å². The van der Waals surface area contributed by atoms with Crippen molar-refractivity contribution in [3.05, 3.63) is 59.7 Å². The summed E-state index contributed by atoms with van der Waals surface area (Å²) in [6.45, 7) is 0. The summed E-state index contributed by atoms with van der Waals surface area (Å²) < 4.78 is 4.74. The van der Waals surface area contributed by atoms with Gasteiger partial charge in [-0.05, 0) is 35.4 Å². The molecule has 2 rings (SSSR count). The molecule has 1 atom stereocenters. The van der Waals surface area contributed by atoms with Gasteiger partial charge in [0.25, 0.3) is 0 Å². The molecule has 0 saturated carbocycles. The van der Waals surface area contributed by atoms with Gasteiger partial charge in [0.15, 0.2) is 0 Å². The van der Waals surface area contributed by atoms with E-state index in [1.165, 1.54) is 31.4 Å². The standard InChI is InChI=1S/C18H19NO5/c1-24-18(23)16(10-12-2-6-14(20)7-3-12)19-17(22)11-13-4-8-15(21)9-5-13/h2-9,16,20-21H,10-11H2,1H3,(H,19,22). The summed E-state index contributed by atoms with van der Waals surface area (Å²) in [6.07, 6.45) is 0.345. The lowest BCUT2D eigenvalue weighted by Crippen LogP contribution is -2.43. The van der Waals surface area contributed by atoms with E-state index >= 15 is 0 Å². The van der Waals surface area contributed by atoms with E-state index in [1.807, 2.05) is 0 Å². The van der Waals surface area contributed by atoms with Crippen molar-refractivity contribution in [2.75, 3.05) is 7.11 Å². The number of nitrogens with one attached hydrogen (secondary N) is 1. The number of phenols is 2. The van der Waals surface area contributed by atoms with Gasteiger partial charge in [-0.15, -0.1) is 0 Å². The number of carbonyl (C=O) groups is 2. The molecule has 0 aromatic heterocycles. The van der Waals surface area contributed by atoms with Crippen molar-refractivity contribution < 1.29 is 24.5 Å². The Morgan fingerprint density at radius 3 is 1.96 bits per heavy atom. The van der Waals surface area contributed by atoms with Crippen LogP contribution in [-0.2, 0) is 27.2 Å². The smallest absolute Gasteiger partial charge is 0.328 e. The zero-order chi connectivity index (χ0) is 17.5. The fourth-order valence-corrected chi connectivity index (χ4v) is 2.25. The molecule has 24 heavy (non-hydrogen) atoms. The molecule has 1 amide bonds. The van der Waals surface area contributed by atoms with Crippen LogP contribution < -0.4 is 5.32 Å². The van der Waals surface area contributed by atoms with Crippen LogP contribution in [0.2, 0.25) is 0 Å². The van der Waals surface area contributed by atoms with Crippen LogP contribution >= 0.6 is 0 Å². The Labute approximate surface area is 139 Å². The molecule has 0 radical (unpaired) electrons. The molecule has 0 aliphatic rings. The number of hydrogen-bond acceptors (Lipinski definition) is 5. The lowest BCUT2D eigenvalue weighted by atomic mass is 10.0. The third-order valence-corrected chi connectivity index (χ3v) is 3.50. The first-order chi connectivity index (χ1) is 11.5. The molecular formula is C18H19NO5. The number of hydrogen-bond donors (Lipinski definition) is 3. The zero-order valence-electron chi connectivity index (χ0n) is 13.2. The molecule has 6 nitrogen and oxygen atoms in total. The predicted molar refractivity (Wildman–Crippen MR) is 87.6 cm³/mol. The van der Waals surface area contributed by atoms with Gasteiger partial charge in [0.05, 0.1) is 13.5 Å². The maximum absolute atomic E-state index is 12.2. The maximum atomic E-state index is 12.2. The molecule has 6 heteroatoms. The highest BCUT2D eigenvalue weighted by Crippen LogP contribution is 2.13. The lowest BCUT2D eigenvalue weighted by molar-refractivity contribution is -0.145. The monoisotopic (exact) mass is 329 g/mol. The van der Waals surface area contributed by atoms with Crippen molar-refractivity contribution in [3.63, 3.8) is 0 Å². The number of aromatic hydroxyl groups is 2. The second-order valence-electron chi connectivity index (χ2n) is 5.36. The van der Waals surface area contributed by atoms with Gasteiger partial charge in [-0.3, -0.25) is 4.79 Å². The third-order valence-electron chi connectivity index (χ3n) is 3.50. The summed E-state index contributed by atoms with van der Waals surface area (Å²) >= 11 is 0. The number of carbonyl (C=O) groups excluding carboxylic acids is 2. The third kappa shape index (κ3) is 5.01. The highest BCUT2D eigenvalue weighted by molar-refractivity contribution is 5.85. The van der Waals surface area contributed by atoms with E-state index in [-0.39, 0.29) is 30.2 Å². The normalized spacial score (nSPS) is 11.5. The van der Waals surface area contributed by atoms with Crippen LogP contribution in [0.5, 0.6) is 11.5 Å². The largest absolute Gasteiger partial charge is 0.508 e. The van der Waals surface area contributed by atoms with Crippen molar-refractivity contribution in [2.45, 2.75) is 18.9 Å². The number of rotatable bonds is 6. The Kier molecular flexibility index (Phi) is 5.78. The van der Waals surface area contributed by atoms with Crippen LogP contribution in [0.4, 0.5) is 0 Å². The number of methoxy groups -OCH3 is 1. The SMILES string of the molecule is COC(=O)C(Cc1ccc(O)cc1)NC(=O)Cc1ccc(O)cc1. The van der Waals surface area contributed by atoms with E-state index in [0.717, 1.165) is 11.1 Å². The predicted octanol–water partition coefficient (Wildman–Crippen LogP) is 1.54. The maximum Gasteiger partial charge on any atom is 0.328 e. The zero-order valence-corrected chi connectivity index (χ0v) is 13.2. The number of ether oxygens (including phenoxy) is 1. The summed E-state index contributed by atoms with van der Waals surface area (Å²) in [5.41, 5.74) is 1.51. The van der Waals surface area contributed by atoms with E-state index in [4.69, 9.17) is 4.74 Å². The summed E-state index contributed by atoms with van der Waals surface area (Å²) in [5.74, 6) is -0.611. The fraction of sp³-hybridized carbons (Fsp3) is 0.222. The Morgan fingerprint density at radius 1 is 0.958 bits per heavy atom. The second kappa shape index (κ2) is 8.01. The van der Waals surface area contributed by atoms with Crippen molar-refractivity contribution >= 4 is 11.9 Å². The van der Waals surface area contributed by atoms with Crippen LogP contribution in [0.1, 0.15) is 11.1 Å². The molecule has 0 bridgehead atoms. The average molecular weight is 329 g/mol. The average Bonchev–Trinajstić information content (AvgIpc) is 2.57. The number of esters is 1. The highest BCUT2D eigenvalue weighted by atomic mass is 16.5. The first-order valence-electron chi connectivity index (χ1n) is 7.41. The minimum atomic E-state index is -0.816. The van der Waals surface area contributed by atoms with Crippen LogP contribution in [0.15, 0.2) is 48.5 Å². The molecule has 3 N–H and O–H groups in total. The van der Waals surface area contributed by atoms with Crippen molar-refractivity contribution in [1.82, 2.24) is 5.32 Å². The lowest BCUT2D eigenvalue weighted by Gasteiger charge is -2.17. The Balaban J connectivity index is 2.02. The van der Waals surface area contributed by atoms with Crippen molar-refractivity contribution in [3.8, 4) is 11.5 Å². The molecule has 2 aromatic rings. The molecule has 1 unspecified atom stereocenters. The van der Waals surface area contributed by atoms with Gasteiger partial charge in [-0.2, -0.15) is 0 Å². The Morgan fingerprint density at radius 2 is 1.46 bits per heavy atom. The number of phenolic OH excluding ortho intramolecular Hbond substituents is 2. The first-order valence-corrected chi connectivity index (χ1v) is 7.41. The Bertz CT molecular complexity index is 694. The number of benzene rings is 2. The van der Waals surface area contributed by atoms with Gasteiger partial charge in [-0.1, -0.05) is 24.3 Å². The summed E-state index contributed by atoms with van der Waals surface area (Å²) in [5, 5.41) is 21.2. The van der Waals surface area contributed by atoms with Crippen LogP contribution in [0, 0.1) is 0 Å². The minimum Gasteiger partial charge on any atom is -0.508 e. The molecule has 0 heterocycles. The van der Waals surface area contributed by atoms with E-state index < -0.39 is 12.0 Å². The van der Waals surface area contributed by atoms with Crippen LogP contribution in [-0.4, -0.2) is 35.2 Å². The van der Waals surface area contributed by atoms with Crippen LogP contribution in [0.3, 0.4) is 0 Å². The minimum absolute atomic E-state index is 0.0867. The molecule has 0 aliphatic carbocycles. The fourth-order valence-electron chi connectivity index (χ4n) is 2.25. The first kappa shape index (κ1) is 17.3. The van der Waals surface area contributed by atoms with E-state index in [0.29, 0.717) is 0 Å². The van der Waals surface area contributed by atoms with Crippen molar-refractivity contribution in [1.29, 1.82) is 0 Å². The van der Waals surface area contributed by atoms with Crippen LogP contribution in [0.25, 0.3) is 0 Å². The summed E-state index contributed by atoms with van der Waals surface area (Å²) in [4.78, 5) is 24.0. The molecule has 2 aromatic carbocycles. The van der Waals surface area contributed by atoms with Gasteiger partial charge in [-0.25, -0.2) is 4.79 Å². The van der Waals surface area contributed by atoms with Gasteiger partial charge in [0.2, 0.25) is 5.91 Å². The highest BCUT2D eigenvalue weighted by Gasteiger charge is 2.22. The molecule has 126 valence electrons. The Hall–Kier alpha value is -3.02. The number of amides is 1.